The van der Waals surface area contributed by atoms with Crippen LogP contribution in [0.5, 0.6) is 0 Å². The second-order valence-electron chi connectivity index (χ2n) is 6.94. The molecule has 0 radical (unpaired) electrons. The lowest BCUT2D eigenvalue weighted by atomic mass is 10.1. The Kier molecular flexibility index (Phi) is 5.94. The summed E-state index contributed by atoms with van der Waals surface area (Å²) in [7, 11) is -3.75. The number of nitrogens with zero attached hydrogens (tertiary/aromatic N) is 1. The number of aromatic carboxylic acids is 1. The van der Waals surface area contributed by atoms with Gasteiger partial charge in [0.25, 0.3) is 0 Å². The Morgan fingerprint density at radius 3 is 2.44 bits per heavy atom. The molecule has 0 amide bonds. The first-order valence-electron chi connectivity index (χ1n) is 8.98. The summed E-state index contributed by atoms with van der Waals surface area (Å²) in [4.78, 5) is 13.5. The number of aryl methyl sites for hydroxylation is 1. The number of sulfonamides is 1. The summed E-state index contributed by atoms with van der Waals surface area (Å²) in [5.74, 6) is -1.14. The molecule has 2 aromatic carbocycles. The molecule has 1 heterocycles. The Morgan fingerprint density at radius 2 is 1.81 bits per heavy atom. The number of likely N-dealkylation sites (tertiary alicyclic amines) is 1. The largest absolute Gasteiger partial charge is 0.478 e. The Labute approximate surface area is 159 Å². The lowest BCUT2D eigenvalue weighted by Gasteiger charge is -2.32. The van der Waals surface area contributed by atoms with Crippen molar-refractivity contribution in [1.82, 2.24) is 9.62 Å². The van der Waals surface area contributed by atoms with Crippen LogP contribution < -0.4 is 4.72 Å². The van der Waals surface area contributed by atoms with Gasteiger partial charge >= 0.3 is 5.97 Å². The molecule has 3 rings (SSSR count). The normalized spacial score (nSPS) is 16.3. The smallest absolute Gasteiger partial charge is 0.335 e. The van der Waals surface area contributed by atoms with Crippen LogP contribution >= 0.6 is 0 Å². The third kappa shape index (κ3) is 4.94. The Balaban J connectivity index is 1.63. The van der Waals surface area contributed by atoms with Gasteiger partial charge in [-0.1, -0.05) is 36.4 Å². The molecule has 6 nitrogen and oxygen atoms in total. The van der Waals surface area contributed by atoms with Crippen molar-refractivity contribution in [3.05, 3.63) is 65.2 Å². The van der Waals surface area contributed by atoms with Gasteiger partial charge in [-0.2, -0.15) is 0 Å². The van der Waals surface area contributed by atoms with Gasteiger partial charge in [-0.15, -0.1) is 0 Å². The van der Waals surface area contributed by atoms with Crippen molar-refractivity contribution in [2.45, 2.75) is 37.2 Å². The molecule has 1 fully saturated rings. The predicted octanol–water partition coefficient (Wildman–Crippen LogP) is 2.64. The van der Waals surface area contributed by atoms with E-state index in [1.54, 1.807) is 6.92 Å². The van der Waals surface area contributed by atoms with E-state index in [4.69, 9.17) is 5.11 Å². The quantitative estimate of drug-likeness (QED) is 0.794. The van der Waals surface area contributed by atoms with Crippen LogP contribution in [0, 0.1) is 6.92 Å². The van der Waals surface area contributed by atoms with E-state index in [9.17, 15) is 13.2 Å². The second-order valence-corrected chi connectivity index (χ2v) is 8.63. The molecule has 0 aromatic heterocycles. The van der Waals surface area contributed by atoms with Crippen molar-refractivity contribution in [2.24, 2.45) is 0 Å². The summed E-state index contributed by atoms with van der Waals surface area (Å²) in [5, 5.41) is 9.12. The first-order chi connectivity index (χ1) is 12.8. The lowest BCUT2D eigenvalue weighted by molar-refractivity contribution is 0.0696. The van der Waals surface area contributed by atoms with E-state index < -0.39 is 16.0 Å². The third-order valence-electron chi connectivity index (χ3n) is 4.88. The number of carboxylic acid groups (broad SMARTS) is 1. The Bertz CT molecular complexity index is 905. The number of hydrogen-bond acceptors (Lipinski definition) is 4. The number of benzene rings is 2. The van der Waals surface area contributed by atoms with Crippen LogP contribution in [0.4, 0.5) is 0 Å². The van der Waals surface area contributed by atoms with Crippen LogP contribution in [-0.4, -0.2) is 43.5 Å². The fraction of sp³-hybridized carbons (Fsp3) is 0.350. The standard InChI is InChI=1S/C20H24N2O4S/c1-15-7-8-17(20(23)24)13-19(15)27(25,26)21-18-9-11-22(12-10-18)14-16-5-3-2-4-6-16/h2-8,13,18,21H,9-12,14H2,1H3,(H,23,24). The second kappa shape index (κ2) is 8.21. The molecule has 7 heteroatoms. The molecule has 0 atom stereocenters. The highest BCUT2D eigenvalue weighted by Crippen LogP contribution is 2.20. The summed E-state index contributed by atoms with van der Waals surface area (Å²) in [6.07, 6.45) is 1.45. The molecule has 0 spiro atoms. The van der Waals surface area contributed by atoms with Gasteiger partial charge in [-0.25, -0.2) is 17.9 Å². The minimum absolute atomic E-state index is 0.0290. The molecule has 1 aliphatic heterocycles. The van der Waals surface area contributed by atoms with E-state index in [1.807, 2.05) is 18.2 Å². The van der Waals surface area contributed by atoms with E-state index in [-0.39, 0.29) is 16.5 Å². The van der Waals surface area contributed by atoms with Gasteiger partial charge in [0.2, 0.25) is 10.0 Å². The van der Waals surface area contributed by atoms with Crippen LogP contribution in [0.25, 0.3) is 0 Å². The molecule has 144 valence electrons. The molecule has 1 saturated heterocycles. The fourth-order valence-corrected chi connectivity index (χ4v) is 4.93. The van der Waals surface area contributed by atoms with Crippen molar-refractivity contribution in [3.63, 3.8) is 0 Å². The maximum absolute atomic E-state index is 12.8. The van der Waals surface area contributed by atoms with Gasteiger partial charge in [0.05, 0.1) is 10.5 Å². The third-order valence-corrected chi connectivity index (χ3v) is 6.55. The zero-order valence-electron chi connectivity index (χ0n) is 15.3. The van der Waals surface area contributed by atoms with Gasteiger partial charge in [0.1, 0.15) is 0 Å². The van der Waals surface area contributed by atoms with E-state index in [1.165, 1.54) is 23.8 Å². The zero-order chi connectivity index (χ0) is 19.4. The van der Waals surface area contributed by atoms with Crippen LogP contribution in [0.3, 0.4) is 0 Å². The van der Waals surface area contributed by atoms with Crippen LogP contribution in [-0.2, 0) is 16.6 Å². The van der Waals surface area contributed by atoms with E-state index in [0.29, 0.717) is 5.56 Å². The molecule has 0 bridgehead atoms. The SMILES string of the molecule is Cc1ccc(C(=O)O)cc1S(=O)(=O)NC1CCN(Cc2ccccc2)CC1. The average molecular weight is 388 g/mol. The van der Waals surface area contributed by atoms with Crippen LogP contribution in [0.2, 0.25) is 0 Å². The Hall–Kier alpha value is -2.22. The molecule has 27 heavy (non-hydrogen) atoms. The predicted molar refractivity (Wildman–Crippen MR) is 103 cm³/mol. The minimum Gasteiger partial charge on any atom is -0.478 e. The highest BCUT2D eigenvalue weighted by Gasteiger charge is 2.26. The number of rotatable bonds is 6. The maximum atomic E-state index is 12.8. The van der Waals surface area contributed by atoms with Crippen molar-refractivity contribution >= 4 is 16.0 Å². The van der Waals surface area contributed by atoms with Gasteiger partial charge in [0.15, 0.2) is 0 Å². The molecule has 1 aliphatic rings. The van der Waals surface area contributed by atoms with Crippen molar-refractivity contribution in [1.29, 1.82) is 0 Å². The molecule has 0 aliphatic carbocycles. The van der Waals surface area contributed by atoms with E-state index in [2.05, 4.69) is 21.8 Å². The summed E-state index contributed by atoms with van der Waals surface area (Å²) >= 11 is 0. The number of piperidine rings is 1. The molecule has 2 N–H and O–H groups in total. The molecule has 2 aromatic rings. The molecular weight excluding hydrogens is 364 g/mol. The van der Waals surface area contributed by atoms with Crippen molar-refractivity contribution in [3.8, 4) is 0 Å². The van der Waals surface area contributed by atoms with Gasteiger partial charge in [-0.05, 0) is 43.0 Å². The fourth-order valence-electron chi connectivity index (χ4n) is 3.36. The zero-order valence-corrected chi connectivity index (χ0v) is 16.1. The topological polar surface area (TPSA) is 86.7 Å². The molecule has 0 unspecified atom stereocenters. The van der Waals surface area contributed by atoms with Crippen molar-refractivity contribution < 1.29 is 18.3 Å². The monoisotopic (exact) mass is 388 g/mol. The summed E-state index contributed by atoms with van der Waals surface area (Å²) in [6, 6.07) is 14.2. The minimum atomic E-state index is -3.75. The number of carbonyl (C=O) groups is 1. The van der Waals surface area contributed by atoms with Crippen LogP contribution in [0.15, 0.2) is 53.4 Å². The number of nitrogens with one attached hydrogen (secondary N) is 1. The first-order valence-corrected chi connectivity index (χ1v) is 10.5. The van der Waals surface area contributed by atoms with Crippen molar-refractivity contribution in [2.75, 3.05) is 13.1 Å². The van der Waals surface area contributed by atoms with E-state index >= 15 is 0 Å². The molecular formula is C20H24N2O4S. The highest BCUT2D eigenvalue weighted by atomic mass is 32.2. The molecule has 0 saturated carbocycles. The number of hydrogen-bond donors (Lipinski definition) is 2. The first kappa shape index (κ1) is 19.5. The van der Waals surface area contributed by atoms with Gasteiger partial charge in [-0.3, -0.25) is 4.90 Å². The average Bonchev–Trinajstić information content (AvgIpc) is 2.64. The number of carboxylic acids is 1. The van der Waals surface area contributed by atoms with Gasteiger partial charge < -0.3 is 5.11 Å². The summed E-state index contributed by atoms with van der Waals surface area (Å²) in [6.45, 7) is 4.16. The summed E-state index contributed by atoms with van der Waals surface area (Å²) < 4.78 is 28.3. The van der Waals surface area contributed by atoms with Gasteiger partial charge in [0, 0.05) is 25.7 Å². The Morgan fingerprint density at radius 1 is 1.15 bits per heavy atom. The maximum Gasteiger partial charge on any atom is 0.335 e. The van der Waals surface area contributed by atoms with E-state index in [0.717, 1.165) is 32.5 Å². The van der Waals surface area contributed by atoms with Crippen LogP contribution in [0.1, 0.15) is 34.3 Å². The summed E-state index contributed by atoms with van der Waals surface area (Å²) in [5.41, 5.74) is 1.75. The highest BCUT2D eigenvalue weighted by molar-refractivity contribution is 7.89. The lowest BCUT2D eigenvalue weighted by Crippen LogP contribution is -2.44.